The highest BCUT2D eigenvalue weighted by Gasteiger charge is 2.17. The minimum Gasteiger partial charge on any atom is -0.346 e. The third-order valence-corrected chi connectivity index (χ3v) is 4.71. The Morgan fingerprint density at radius 1 is 1.38 bits per heavy atom. The van der Waals surface area contributed by atoms with E-state index in [1.165, 1.54) is 16.7 Å². The topological polar surface area (TPSA) is 62.6 Å². The second kappa shape index (κ2) is 7.47. The monoisotopic (exact) mass is 308 g/mol. The van der Waals surface area contributed by atoms with Gasteiger partial charge in [0.15, 0.2) is 0 Å². The summed E-state index contributed by atoms with van der Waals surface area (Å²) in [5.41, 5.74) is 1.32. The van der Waals surface area contributed by atoms with Gasteiger partial charge in [0.2, 0.25) is 5.91 Å². The highest BCUT2D eigenvalue weighted by atomic mass is 32.2. The van der Waals surface area contributed by atoms with Crippen LogP contribution in [-0.2, 0) is 4.79 Å². The van der Waals surface area contributed by atoms with E-state index < -0.39 is 0 Å². The molecule has 0 atom stereocenters. The molecule has 0 saturated heterocycles. The molecule has 1 aliphatic heterocycles. The van der Waals surface area contributed by atoms with Gasteiger partial charge >= 0.3 is 0 Å². The van der Waals surface area contributed by atoms with Crippen molar-refractivity contribution in [2.75, 3.05) is 37.2 Å². The summed E-state index contributed by atoms with van der Waals surface area (Å²) in [6.07, 6.45) is 0. The van der Waals surface area contributed by atoms with Gasteiger partial charge in [-0.1, -0.05) is 0 Å². The molecule has 1 aliphatic rings. The zero-order valence-electron chi connectivity index (χ0n) is 12.5. The molecule has 5 nitrogen and oxygen atoms in total. The van der Waals surface area contributed by atoms with Crippen molar-refractivity contribution in [1.82, 2.24) is 5.32 Å². The van der Waals surface area contributed by atoms with Crippen LogP contribution in [0.1, 0.15) is 24.2 Å². The standard InChI is InChI=1S/C15H21N3O2S/c1-3-18(4-2)8-7-16-15(20)11-5-6-13-12(9-11)17-14(19)10-21-13/h5-6,9H,3-4,7-8,10H2,1-2H3,(H,16,20)(H,17,19)/p+1. The SMILES string of the molecule is CC[NH+](CC)CCNC(=O)c1ccc2c(c1)NC(=O)CS2. The van der Waals surface area contributed by atoms with E-state index >= 15 is 0 Å². The van der Waals surface area contributed by atoms with Crippen LogP contribution in [0.25, 0.3) is 0 Å². The van der Waals surface area contributed by atoms with Crippen LogP contribution < -0.4 is 15.5 Å². The second-order valence-corrected chi connectivity index (χ2v) is 6.03. The molecule has 0 saturated carbocycles. The van der Waals surface area contributed by atoms with Crippen molar-refractivity contribution in [3.05, 3.63) is 23.8 Å². The van der Waals surface area contributed by atoms with Crippen LogP contribution in [0.2, 0.25) is 0 Å². The van der Waals surface area contributed by atoms with Crippen molar-refractivity contribution in [3.8, 4) is 0 Å². The Labute approximate surface area is 129 Å². The summed E-state index contributed by atoms with van der Waals surface area (Å²) in [4.78, 5) is 26.0. The summed E-state index contributed by atoms with van der Waals surface area (Å²) in [5, 5.41) is 5.74. The van der Waals surface area contributed by atoms with E-state index in [-0.39, 0.29) is 11.8 Å². The highest BCUT2D eigenvalue weighted by molar-refractivity contribution is 8.00. The molecule has 1 aromatic rings. The van der Waals surface area contributed by atoms with Crippen molar-refractivity contribution >= 4 is 29.3 Å². The fraction of sp³-hybridized carbons (Fsp3) is 0.467. The predicted molar refractivity (Wildman–Crippen MR) is 85.0 cm³/mol. The van der Waals surface area contributed by atoms with E-state index in [0.717, 1.165) is 30.2 Å². The summed E-state index contributed by atoms with van der Waals surface area (Å²) in [7, 11) is 0. The third-order valence-electron chi connectivity index (χ3n) is 3.64. The minimum atomic E-state index is -0.0887. The Hall–Kier alpha value is -1.53. The van der Waals surface area contributed by atoms with Gasteiger partial charge in [-0.2, -0.15) is 0 Å². The van der Waals surface area contributed by atoms with Crippen molar-refractivity contribution < 1.29 is 14.5 Å². The predicted octanol–water partition coefficient (Wildman–Crippen LogP) is 0.385. The third kappa shape index (κ3) is 4.22. The zero-order chi connectivity index (χ0) is 15.2. The Morgan fingerprint density at radius 2 is 2.14 bits per heavy atom. The lowest BCUT2D eigenvalue weighted by Crippen LogP contribution is -3.12. The number of quaternary nitrogens is 1. The molecule has 0 aliphatic carbocycles. The van der Waals surface area contributed by atoms with Crippen LogP contribution in [-0.4, -0.2) is 43.7 Å². The van der Waals surface area contributed by atoms with E-state index in [1.54, 1.807) is 6.07 Å². The van der Waals surface area contributed by atoms with Gasteiger partial charge in [-0.15, -0.1) is 11.8 Å². The van der Waals surface area contributed by atoms with Gasteiger partial charge in [-0.05, 0) is 32.0 Å². The Kier molecular flexibility index (Phi) is 5.64. The van der Waals surface area contributed by atoms with Gasteiger partial charge in [-0.3, -0.25) is 9.59 Å². The van der Waals surface area contributed by atoms with Crippen LogP contribution >= 0.6 is 11.8 Å². The molecule has 0 bridgehead atoms. The summed E-state index contributed by atoms with van der Waals surface area (Å²) in [5.74, 6) is 0.329. The van der Waals surface area contributed by atoms with Crippen LogP contribution in [0, 0.1) is 0 Å². The molecular formula is C15H22N3O2S+. The van der Waals surface area contributed by atoms with Gasteiger partial charge < -0.3 is 15.5 Å². The van der Waals surface area contributed by atoms with Crippen LogP contribution in [0.3, 0.4) is 0 Å². The number of likely N-dealkylation sites (N-methyl/N-ethyl adjacent to an activating group) is 1. The van der Waals surface area contributed by atoms with E-state index in [1.807, 2.05) is 12.1 Å². The van der Waals surface area contributed by atoms with Crippen molar-refractivity contribution in [1.29, 1.82) is 0 Å². The van der Waals surface area contributed by atoms with E-state index in [0.29, 0.717) is 17.9 Å². The van der Waals surface area contributed by atoms with Crippen molar-refractivity contribution in [2.24, 2.45) is 0 Å². The number of benzene rings is 1. The number of rotatable bonds is 6. The zero-order valence-corrected chi connectivity index (χ0v) is 13.3. The van der Waals surface area contributed by atoms with Crippen LogP contribution in [0.15, 0.2) is 23.1 Å². The smallest absolute Gasteiger partial charge is 0.251 e. The summed E-state index contributed by atoms with van der Waals surface area (Å²) < 4.78 is 0. The number of thioether (sulfide) groups is 1. The maximum Gasteiger partial charge on any atom is 0.251 e. The first-order chi connectivity index (χ1) is 10.1. The molecule has 0 unspecified atom stereocenters. The number of fused-ring (bicyclic) bond motifs is 1. The van der Waals surface area contributed by atoms with Crippen molar-refractivity contribution in [3.63, 3.8) is 0 Å². The maximum absolute atomic E-state index is 12.1. The Bertz CT molecular complexity index is 530. The number of carbonyl (C=O) groups excluding carboxylic acids is 2. The molecule has 114 valence electrons. The van der Waals surface area contributed by atoms with Gasteiger partial charge in [0.1, 0.15) is 0 Å². The number of amides is 2. The quantitative estimate of drug-likeness (QED) is 0.712. The molecule has 3 N–H and O–H groups in total. The van der Waals surface area contributed by atoms with Gasteiger partial charge in [0.25, 0.3) is 5.91 Å². The average molecular weight is 308 g/mol. The Balaban J connectivity index is 1.94. The molecule has 21 heavy (non-hydrogen) atoms. The van der Waals surface area contributed by atoms with Crippen molar-refractivity contribution in [2.45, 2.75) is 18.7 Å². The lowest BCUT2D eigenvalue weighted by atomic mass is 10.2. The van der Waals surface area contributed by atoms with E-state index in [4.69, 9.17) is 0 Å². The first-order valence-electron chi connectivity index (χ1n) is 7.32. The average Bonchev–Trinajstić information content (AvgIpc) is 2.50. The molecular weight excluding hydrogens is 286 g/mol. The fourth-order valence-corrected chi connectivity index (χ4v) is 3.07. The molecule has 0 aromatic heterocycles. The largest absolute Gasteiger partial charge is 0.346 e. The van der Waals surface area contributed by atoms with Gasteiger partial charge in [0.05, 0.1) is 37.6 Å². The first-order valence-corrected chi connectivity index (χ1v) is 8.31. The lowest BCUT2D eigenvalue weighted by Gasteiger charge is -2.17. The molecule has 0 radical (unpaired) electrons. The summed E-state index contributed by atoms with van der Waals surface area (Å²) in [6.45, 7) is 8.00. The maximum atomic E-state index is 12.1. The normalized spacial score (nSPS) is 13.8. The first kappa shape index (κ1) is 15.9. The number of anilines is 1. The molecule has 1 aromatic carbocycles. The minimum absolute atomic E-state index is 0.0183. The Morgan fingerprint density at radius 3 is 2.86 bits per heavy atom. The van der Waals surface area contributed by atoms with E-state index in [2.05, 4.69) is 24.5 Å². The van der Waals surface area contributed by atoms with Crippen LogP contribution in [0.5, 0.6) is 0 Å². The van der Waals surface area contributed by atoms with E-state index in [9.17, 15) is 9.59 Å². The summed E-state index contributed by atoms with van der Waals surface area (Å²) in [6, 6.07) is 5.45. The molecule has 2 rings (SSSR count). The number of hydrogen-bond donors (Lipinski definition) is 3. The number of hydrogen-bond acceptors (Lipinski definition) is 3. The molecule has 6 heteroatoms. The van der Waals surface area contributed by atoms with Crippen LogP contribution in [0.4, 0.5) is 5.69 Å². The summed E-state index contributed by atoms with van der Waals surface area (Å²) >= 11 is 1.50. The molecule has 2 amide bonds. The second-order valence-electron chi connectivity index (χ2n) is 5.01. The molecule has 0 spiro atoms. The molecule has 1 heterocycles. The fourth-order valence-electron chi connectivity index (χ4n) is 2.28. The van der Waals surface area contributed by atoms with Gasteiger partial charge in [0, 0.05) is 10.5 Å². The number of carbonyl (C=O) groups is 2. The lowest BCUT2D eigenvalue weighted by molar-refractivity contribution is -0.895. The molecule has 0 fully saturated rings. The number of nitrogens with one attached hydrogen (secondary N) is 3. The van der Waals surface area contributed by atoms with Gasteiger partial charge in [-0.25, -0.2) is 0 Å². The highest BCUT2D eigenvalue weighted by Crippen LogP contribution is 2.31.